The van der Waals surface area contributed by atoms with E-state index in [1.807, 2.05) is 90.5 Å². The van der Waals surface area contributed by atoms with E-state index in [0.29, 0.717) is 17.9 Å². The minimum atomic E-state index is -0.391. The normalized spacial score (nSPS) is 14.9. The van der Waals surface area contributed by atoms with Crippen LogP contribution in [0.1, 0.15) is 11.4 Å². The van der Waals surface area contributed by atoms with Crippen molar-refractivity contribution in [2.75, 3.05) is 0 Å². The number of phenolic OH excluding ortho intramolecular Hbond substituents is 1. The number of carbonyl (C=O) groups excluding carboxylic acids is 2. The van der Waals surface area contributed by atoms with E-state index in [1.54, 1.807) is 12.1 Å². The molecule has 1 aliphatic heterocycles. The Bertz CT molecular complexity index is 1700. The van der Waals surface area contributed by atoms with Gasteiger partial charge in [0.15, 0.2) is 0 Å². The Labute approximate surface area is 234 Å². The molecule has 1 aromatic heterocycles. The second-order valence-electron chi connectivity index (χ2n) is 9.43. The molecule has 40 heavy (non-hydrogen) atoms. The number of aryl methyl sites for hydroxylation is 1. The van der Waals surface area contributed by atoms with Gasteiger partial charge in [-0.3, -0.25) is 14.9 Å². The van der Waals surface area contributed by atoms with E-state index in [1.165, 1.54) is 0 Å². The van der Waals surface area contributed by atoms with E-state index in [-0.39, 0.29) is 23.5 Å². The maximum absolute atomic E-state index is 11.8. The highest BCUT2D eigenvalue weighted by atomic mass is 32.2. The summed E-state index contributed by atoms with van der Waals surface area (Å²) in [4.78, 5) is 27.9. The Morgan fingerprint density at radius 2 is 1.52 bits per heavy atom. The summed E-state index contributed by atoms with van der Waals surface area (Å²) < 4.78 is 14.1. The van der Waals surface area contributed by atoms with Crippen LogP contribution in [-0.2, 0) is 24.9 Å². The molecule has 0 aliphatic carbocycles. The number of thioether (sulfide) groups is 1. The van der Waals surface area contributed by atoms with E-state index in [2.05, 4.69) is 5.32 Å². The summed E-state index contributed by atoms with van der Waals surface area (Å²) in [5, 5.41) is 11.1. The summed E-state index contributed by atoms with van der Waals surface area (Å²) in [6, 6.07) is 28.2. The highest BCUT2D eigenvalue weighted by Gasteiger charge is 2.31. The standard InChI is InChI=1S/C31H25N3O5S/c1-34-27-17-25(39-24-12-6-21(7-13-24)20-4-8-22(35)9-5-20)14-15-26(27)32-29(34)18-38-23-10-2-19(3-11-23)16-28-30(36)33-31(37)40-28/h2-15,17,28,35H,16,18H2,1H3,(H,33,36,37). The Hall–Kier alpha value is -4.76. The molecule has 200 valence electrons. The van der Waals surface area contributed by atoms with Crippen LogP contribution in [0.5, 0.6) is 23.0 Å². The number of ether oxygens (including phenoxy) is 2. The van der Waals surface area contributed by atoms with Gasteiger partial charge in [0.2, 0.25) is 5.91 Å². The molecule has 1 fully saturated rings. The Kier molecular flexibility index (Phi) is 6.88. The van der Waals surface area contributed by atoms with Gasteiger partial charge in [0.25, 0.3) is 5.24 Å². The number of imide groups is 1. The lowest BCUT2D eigenvalue weighted by Crippen LogP contribution is -2.25. The third-order valence-electron chi connectivity index (χ3n) is 6.71. The number of benzene rings is 4. The maximum Gasteiger partial charge on any atom is 0.286 e. The van der Waals surface area contributed by atoms with Gasteiger partial charge in [-0.1, -0.05) is 48.2 Å². The second kappa shape index (κ2) is 10.8. The molecule has 5 aromatic rings. The summed E-state index contributed by atoms with van der Waals surface area (Å²) >= 11 is 1.03. The summed E-state index contributed by atoms with van der Waals surface area (Å²) in [5.41, 5.74) is 4.77. The van der Waals surface area contributed by atoms with Gasteiger partial charge < -0.3 is 19.1 Å². The van der Waals surface area contributed by atoms with Crippen LogP contribution in [0.4, 0.5) is 4.79 Å². The Morgan fingerprint density at radius 3 is 2.20 bits per heavy atom. The number of hydrogen-bond acceptors (Lipinski definition) is 7. The lowest BCUT2D eigenvalue weighted by atomic mass is 10.1. The van der Waals surface area contributed by atoms with E-state index < -0.39 is 5.25 Å². The van der Waals surface area contributed by atoms with Crippen LogP contribution >= 0.6 is 11.8 Å². The Balaban J connectivity index is 1.09. The molecule has 6 rings (SSSR count). The number of amides is 2. The first-order valence-corrected chi connectivity index (χ1v) is 13.6. The van der Waals surface area contributed by atoms with Gasteiger partial charge in [-0.25, -0.2) is 4.98 Å². The fourth-order valence-corrected chi connectivity index (χ4v) is 5.39. The maximum atomic E-state index is 11.8. The highest BCUT2D eigenvalue weighted by Crippen LogP contribution is 2.29. The topological polar surface area (TPSA) is 103 Å². The zero-order chi connectivity index (χ0) is 27.6. The first-order chi connectivity index (χ1) is 19.4. The van der Waals surface area contributed by atoms with Crippen molar-refractivity contribution in [3.8, 4) is 34.1 Å². The van der Waals surface area contributed by atoms with Crippen molar-refractivity contribution < 1.29 is 24.2 Å². The van der Waals surface area contributed by atoms with E-state index in [0.717, 1.165) is 51.1 Å². The number of phenols is 1. The van der Waals surface area contributed by atoms with Crippen molar-refractivity contribution in [2.45, 2.75) is 18.3 Å². The molecule has 1 aliphatic rings. The zero-order valence-corrected chi connectivity index (χ0v) is 22.4. The second-order valence-corrected chi connectivity index (χ2v) is 10.6. The smallest absolute Gasteiger partial charge is 0.286 e. The molecular weight excluding hydrogens is 526 g/mol. The lowest BCUT2D eigenvalue weighted by Gasteiger charge is -2.09. The third-order valence-corrected chi connectivity index (χ3v) is 7.70. The monoisotopic (exact) mass is 551 g/mol. The fourth-order valence-electron chi connectivity index (χ4n) is 4.53. The number of hydrogen-bond donors (Lipinski definition) is 2. The minimum absolute atomic E-state index is 0.241. The highest BCUT2D eigenvalue weighted by molar-refractivity contribution is 8.15. The van der Waals surface area contributed by atoms with Crippen molar-refractivity contribution in [1.82, 2.24) is 14.9 Å². The molecule has 4 aromatic carbocycles. The average molecular weight is 552 g/mol. The van der Waals surface area contributed by atoms with Crippen molar-refractivity contribution in [1.29, 1.82) is 0 Å². The third kappa shape index (κ3) is 5.50. The molecule has 1 saturated heterocycles. The molecule has 1 unspecified atom stereocenters. The summed E-state index contributed by atoms with van der Waals surface area (Å²) in [7, 11) is 1.94. The predicted molar refractivity (Wildman–Crippen MR) is 154 cm³/mol. The predicted octanol–water partition coefficient (Wildman–Crippen LogP) is 6.21. The van der Waals surface area contributed by atoms with Crippen molar-refractivity contribution >= 4 is 33.9 Å². The first-order valence-electron chi connectivity index (χ1n) is 12.7. The van der Waals surface area contributed by atoms with Crippen LogP contribution in [-0.4, -0.2) is 31.1 Å². The van der Waals surface area contributed by atoms with Crippen LogP contribution < -0.4 is 14.8 Å². The number of aromatic nitrogens is 2. The lowest BCUT2D eigenvalue weighted by molar-refractivity contribution is -0.118. The van der Waals surface area contributed by atoms with Crippen LogP contribution in [0, 0.1) is 0 Å². The summed E-state index contributed by atoms with van der Waals surface area (Å²) in [6.45, 7) is 0.287. The van der Waals surface area contributed by atoms with Crippen LogP contribution in [0.2, 0.25) is 0 Å². The van der Waals surface area contributed by atoms with Gasteiger partial charge in [-0.15, -0.1) is 0 Å². The SMILES string of the molecule is Cn1c(COc2ccc(CC3SC(=O)NC3=O)cc2)nc2ccc(Oc3ccc(-c4ccc(O)cc4)cc3)cc21. The quantitative estimate of drug-likeness (QED) is 0.236. The van der Waals surface area contributed by atoms with Gasteiger partial charge in [0.05, 0.1) is 16.3 Å². The van der Waals surface area contributed by atoms with Crippen LogP contribution in [0.25, 0.3) is 22.2 Å². The molecule has 1 atom stereocenters. The van der Waals surface area contributed by atoms with Gasteiger partial charge >= 0.3 is 0 Å². The zero-order valence-electron chi connectivity index (χ0n) is 21.5. The molecule has 2 amide bonds. The molecule has 2 heterocycles. The molecule has 0 spiro atoms. The number of imidazole rings is 1. The fraction of sp³-hybridized carbons (Fsp3) is 0.129. The molecule has 0 saturated carbocycles. The molecule has 2 N–H and O–H groups in total. The van der Waals surface area contributed by atoms with E-state index in [4.69, 9.17) is 14.5 Å². The van der Waals surface area contributed by atoms with Gasteiger partial charge in [-0.05, 0) is 71.6 Å². The minimum Gasteiger partial charge on any atom is -0.508 e. The number of nitrogens with one attached hydrogen (secondary N) is 1. The van der Waals surface area contributed by atoms with E-state index >= 15 is 0 Å². The molecule has 8 nitrogen and oxygen atoms in total. The van der Waals surface area contributed by atoms with Gasteiger partial charge in [-0.2, -0.15) is 0 Å². The number of carbonyl (C=O) groups is 2. The number of fused-ring (bicyclic) bond motifs is 1. The van der Waals surface area contributed by atoms with Gasteiger partial charge in [0, 0.05) is 13.1 Å². The summed E-state index contributed by atoms with van der Waals surface area (Å²) in [5.74, 6) is 2.88. The number of aromatic hydroxyl groups is 1. The molecule has 0 radical (unpaired) electrons. The molecule has 0 bridgehead atoms. The number of nitrogens with zero attached hydrogens (tertiary/aromatic N) is 2. The first kappa shape index (κ1) is 25.5. The molecule has 9 heteroatoms. The van der Waals surface area contributed by atoms with Gasteiger partial charge in [0.1, 0.15) is 35.4 Å². The van der Waals surface area contributed by atoms with Crippen LogP contribution in [0.3, 0.4) is 0 Å². The largest absolute Gasteiger partial charge is 0.508 e. The number of rotatable bonds is 8. The van der Waals surface area contributed by atoms with E-state index in [9.17, 15) is 14.7 Å². The average Bonchev–Trinajstić information content (AvgIpc) is 3.45. The van der Waals surface area contributed by atoms with Crippen molar-refractivity contribution in [3.05, 3.63) is 102 Å². The molecular formula is C31H25N3O5S. The van der Waals surface area contributed by atoms with Crippen molar-refractivity contribution in [3.63, 3.8) is 0 Å². The Morgan fingerprint density at radius 1 is 0.875 bits per heavy atom. The van der Waals surface area contributed by atoms with Crippen LogP contribution in [0.15, 0.2) is 91.0 Å². The van der Waals surface area contributed by atoms with Crippen molar-refractivity contribution in [2.24, 2.45) is 7.05 Å². The summed E-state index contributed by atoms with van der Waals surface area (Å²) in [6.07, 6.45) is 0.486.